The number of nitrogens with zero attached hydrogens (tertiary/aromatic N) is 3. The van der Waals surface area contributed by atoms with Crippen molar-refractivity contribution in [2.75, 3.05) is 19.6 Å². The third-order valence-corrected chi connectivity index (χ3v) is 8.84. The molecule has 2 aliphatic rings. The minimum absolute atomic E-state index is 0.0452. The van der Waals surface area contributed by atoms with E-state index in [9.17, 15) is 19.5 Å². The summed E-state index contributed by atoms with van der Waals surface area (Å²) in [6.45, 7) is 4.68. The number of aromatic nitrogens is 2. The number of hydrogen-bond acceptors (Lipinski definition) is 6. The lowest BCUT2D eigenvalue weighted by Crippen LogP contribution is -2.69. The zero-order valence-electron chi connectivity index (χ0n) is 27.3. The number of nitrogens with one attached hydrogen (secondary N) is 4. The molecular formula is C38H41N7O4. The van der Waals surface area contributed by atoms with E-state index >= 15 is 0 Å². The molecule has 0 saturated carbocycles. The maximum atomic E-state index is 14.5. The molecule has 0 bridgehead atoms. The summed E-state index contributed by atoms with van der Waals surface area (Å²) in [4.78, 5) is 44.8. The molecule has 1 aliphatic carbocycles. The van der Waals surface area contributed by atoms with Crippen molar-refractivity contribution in [1.82, 2.24) is 35.9 Å². The number of phenols is 1. The average Bonchev–Trinajstić information content (AvgIpc) is 3.56. The normalized spacial score (nSPS) is 17.6. The zero-order chi connectivity index (χ0) is 34.2. The van der Waals surface area contributed by atoms with Crippen LogP contribution in [0.2, 0.25) is 0 Å². The standard InChI is InChI=1S/C38H41N7O4/c1-2-20-39-23-34(47)45-32(21-26-16-18-30(46)19-17-26)37(48)44(25-33(45)41-38(49)40-22-27-10-5-3-6-11-27)24-29-14-9-15-31-35(42-43-36(29)31)28-12-7-4-8-13-28/h2-7,9-12,14-19,32-33,39,46H,1,8,13,20-25H2,(H,42,43)(H2,40,41,49)/t32-,33+/m0/s1. The van der Waals surface area contributed by atoms with Crippen LogP contribution in [0.4, 0.5) is 4.79 Å². The highest BCUT2D eigenvalue weighted by atomic mass is 16.3. The van der Waals surface area contributed by atoms with Crippen LogP contribution in [-0.4, -0.2) is 74.8 Å². The Bertz CT molecular complexity index is 1870. The van der Waals surface area contributed by atoms with Crippen molar-refractivity contribution in [3.05, 3.63) is 126 Å². The van der Waals surface area contributed by atoms with Gasteiger partial charge in [0.25, 0.3) is 0 Å². The van der Waals surface area contributed by atoms with Crippen LogP contribution >= 0.6 is 0 Å². The number of hydrogen-bond donors (Lipinski definition) is 5. The first-order chi connectivity index (χ1) is 23.9. The molecule has 252 valence electrons. The molecule has 6 rings (SSSR count). The Labute approximate surface area is 285 Å². The Kier molecular flexibility index (Phi) is 10.5. The first-order valence-corrected chi connectivity index (χ1v) is 16.5. The molecule has 2 heterocycles. The number of fused-ring (bicyclic) bond motifs is 1. The lowest BCUT2D eigenvalue weighted by molar-refractivity contribution is -0.156. The summed E-state index contributed by atoms with van der Waals surface area (Å²) in [5, 5.41) is 27.7. The number of H-pyrrole nitrogens is 1. The molecule has 0 spiro atoms. The van der Waals surface area contributed by atoms with Gasteiger partial charge < -0.3 is 30.9 Å². The molecule has 1 saturated heterocycles. The lowest BCUT2D eigenvalue weighted by atomic mass is 9.97. The van der Waals surface area contributed by atoms with E-state index in [1.807, 2.05) is 54.6 Å². The number of para-hydroxylation sites is 1. The van der Waals surface area contributed by atoms with Gasteiger partial charge >= 0.3 is 6.03 Å². The van der Waals surface area contributed by atoms with Crippen LogP contribution in [0.5, 0.6) is 5.75 Å². The lowest BCUT2D eigenvalue weighted by Gasteiger charge is -2.46. The van der Waals surface area contributed by atoms with Gasteiger partial charge in [0, 0.05) is 31.4 Å². The number of carbonyl (C=O) groups excluding carboxylic acids is 3. The second-order valence-electron chi connectivity index (χ2n) is 12.2. The van der Waals surface area contributed by atoms with Crippen LogP contribution in [0, 0.1) is 0 Å². The van der Waals surface area contributed by atoms with E-state index in [-0.39, 0.29) is 43.6 Å². The number of aromatic amines is 1. The fraction of sp³-hybridized carbons (Fsp3) is 0.263. The van der Waals surface area contributed by atoms with Gasteiger partial charge in [-0.2, -0.15) is 5.10 Å². The van der Waals surface area contributed by atoms with Gasteiger partial charge in [-0.3, -0.25) is 14.7 Å². The van der Waals surface area contributed by atoms with Crippen molar-refractivity contribution >= 4 is 34.3 Å². The van der Waals surface area contributed by atoms with Crippen LogP contribution in [0.15, 0.2) is 104 Å². The van der Waals surface area contributed by atoms with Crippen LogP contribution in [-0.2, 0) is 29.1 Å². The first kappa shape index (κ1) is 33.2. The van der Waals surface area contributed by atoms with Gasteiger partial charge in [-0.05, 0) is 47.2 Å². The molecule has 2 atom stereocenters. The molecular weight excluding hydrogens is 618 g/mol. The minimum atomic E-state index is -0.925. The van der Waals surface area contributed by atoms with Gasteiger partial charge in [-0.15, -0.1) is 6.58 Å². The molecule has 1 aliphatic heterocycles. The molecule has 0 radical (unpaired) electrons. The second kappa shape index (κ2) is 15.5. The molecule has 11 heteroatoms. The van der Waals surface area contributed by atoms with Gasteiger partial charge in [0.05, 0.1) is 24.3 Å². The Balaban J connectivity index is 1.32. The summed E-state index contributed by atoms with van der Waals surface area (Å²) < 4.78 is 0. The van der Waals surface area contributed by atoms with Crippen molar-refractivity contribution in [1.29, 1.82) is 0 Å². The molecule has 3 aromatic carbocycles. The third kappa shape index (κ3) is 7.90. The Morgan fingerprint density at radius 3 is 2.61 bits per heavy atom. The molecule has 49 heavy (non-hydrogen) atoms. The first-order valence-electron chi connectivity index (χ1n) is 16.5. The molecule has 4 amide bonds. The highest BCUT2D eigenvalue weighted by Gasteiger charge is 2.43. The number of aromatic hydroxyl groups is 1. The van der Waals surface area contributed by atoms with Crippen LogP contribution < -0.4 is 16.0 Å². The monoisotopic (exact) mass is 659 g/mol. The Morgan fingerprint density at radius 2 is 1.86 bits per heavy atom. The SMILES string of the molecule is C=CCNCC(=O)N1[C@@H](NC(=O)NCc2ccccc2)CN(Cc2cccc3c(C4=CC=CCC4)n[nH]c23)C(=O)[C@@H]1Cc1ccc(O)cc1. The summed E-state index contributed by atoms with van der Waals surface area (Å²) in [7, 11) is 0. The number of allylic oxidation sites excluding steroid dienone is 4. The molecule has 4 aromatic rings. The van der Waals surface area contributed by atoms with Crippen LogP contribution in [0.1, 0.15) is 35.2 Å². The van der Waals surface area contributed by atoms with E-state index in [0.29, 0.717) is 13.1 Å². The summed E-state index contributed by atoms with van der Waals surface area (Å²) in [5.74, 6) is -0.476. The van der Waals surface area contributed by atoms with E-state index < -0.39 is 18.2 Å². The van der Waals surface area contributed by atoms with Gasteiger partial charge in [0.1, 0.15) is 18.0 Å². The number of rotatable bonds is 12. The van der Waals surface area contributed by atoms with Gasteiger partial charge in [0.2, 0.25) is 11.8 Å². The summed E-state index contributed by atoms with van der Waals surface area (Å²) in [6.07, 6.45) is 9.13. The largest absolute Gasteiger partial charge is 0.508 e. The fourth-order valence-corrected chi connectivity index (χ4v) is 6.42. The predicted octanol–water partition coefficient (Wildman–Crippen LogP) is 4.39. The highest BCUT2D eigenvalue weighted by molar-refractivity contribution is 5.94. The van der Waals surface area contributed by atoms with Gasteiger partial charge in [-0.1, -0.05) is 85.0 Å². The van der Waals surface area contributed by atoms with Crippen molar-refractivity contribution in [2.24, 2.45) is 0 Å². The molecule has 1 fully saturated rings. The quantitative estimate of drug-likeness (QED) is 0.113. The number of urea groups is 1. The van der Waals surface area contributed by atoms with E-state index in [1.54, 1.807) is 35.2 Å². The van der Waals surface area contributed by atoms with E-state index in [4.69, 9.17) is 0 Å². The summed E-state index contributed by atoms with van der Waals surface area (Å²) in [6, 6.07) is 20.7. The molecule has 0 unspecified atom stereocenters. The third-order valence-electron chi connectivity index (χ3n) is 8.84. The Morgan fingerprint density at radius 1 is 1.04 bits per heavy atom. The summed E-state index contributed by atoms with van der Waals surface area (Å²) >= 11 is 0. The summed E-state index contributed by atoms with van der Waals surface area (Å²) in [5.41, 5.74) is 5.45. The number of phenolic OH excluding ortho intramolecular Hbond substituents is 1. The van der Waals surface area contributed by atoms with E-state index in [2.05, 4.69) is 44.9 Å². The van der Waals surface area contributed by atoms with Crippen molar-refractivity contribution in [2.45, 2.75) is 44.6 Å². The van der Waals surface area contributed by atoms with E-state index in [0.717, 1.165) is 51.7 Å². The molecule has 1 aromatic heterocycles. The van der Waals surface area contributed by atoms with Crippen molar-refractivity contribution in [3.8, 4) is 5.75 Å². The predicted molar refractivity (Wildman–Crippen MR) is 189 cm³/mol. The maximum Gasteiger partial charge on any atom is 0.316 e. The highest BCUT2D eigenvalue weighted by Crippen LogP contribution is 2.31. The average molecular weight is 660 g/mol. The maximum absolute atomic E-state index is 14.5. The number of amides is 4. The van der Waals surface area contributed by atoms with Crippen LogP contribution in [0.3, 0.4) is 0 Å². The van der Waals surface area contributed by atoms with Crippen LogP contribution in [0.25, 0.3) is 16.5 Å². The molecule has 11 nitrogen and oxygen atoms in total. The zero-order valence-corrected chi connectivity index (χ0v) is 27.3. The van der Waals surface area contributed by atoms with Gasteiger partial charge in [0.15, 0.2) is 0 Å². The van der Waals surface area contributed by atoms with Crippen molar-refractivity contribution < 1.29 is 19.5 Å². The number of piperazine rings is 1. The minimum Gasteiger partial charge on any atom is -0.508 e. The van der Waals surface area contributed by atoms with E-state index in [1.165, 1.54) is 4.90 Å². The second-order valence-corrected chi connectivity index (χ2v) is 12.2. The van der Waals surface area contributed by atoms with Gasteiger partial charge in [-0.25, -0.2) is 4.79 Å². The Hall–Kier alpha value is -5.68. The fourth-order valence-electron chi connectivity index (χ4n) is 6.42. The molecule has 5 N–H and O–H groups in total. The topological polar surface area (TPSA) is 143 Å². The number of benzene rings is 3. The number of carbonyl (C=O) groups is 3. The van der Waals surface area contributed by atoms with Crippen molar-refractivity contribution in [3.63, 3.8) is 0 Å². The smallest absolute Gasteiger partial charge is 0.316 e.